The molecule has 23 heavy (non-hydrogen) atoms. The fraction of sp³-hybridized carbons (Fsp3) is 0.286. The smallest absolute Gasteiger partial charge is 0.341 e. The molecular weight excluding hydrogens is 306 g/mol. The van der Waals surface area contributed by atoms with Gasteiger partial charge in [0.05, 0.1) is 17.1 Å². The first-order valence-corrected chi connectivity index (χ1v) is 6.67. The van der Waals surface area contributed by atoms with E-state index >= 15 is 0 Å². The molecule has 124 valence electrons. The van der Waals surface area contributed by atoms with Crippen molar-refractivity contribution in [1.82, 2.24) is 5.32 Å². The lowest BCUT2D eigenvalue weighted by Crippen LogP contribution is -2.29. The number of carbonyl (C=O) groups is 2. The van der Waals surface area contributed by atoms with Crippen LogP contribution < -0.4 is 10.6 Å². The molecule has 1 rings (SSSR count). The van der Waals surface area contributed by atoms with Gasteiger partial charge >= 0.3 is 5.97 Å². The van der Waals surface area contributed by atoms with Crippen LogP contribution in [0.5, 0.6) is 0 Å². The van der Waals surface area contributed by atoms with E-state index in [2.05, 4.69) is 17.2 Å². The van der Waals surface area contributed by atoms with Crippen LogP contribution in [0.25, 0.3) is 0 Å². The Morgan fingerprint density at radius 1 is 1.43 bits per heavy atom. The van der Waals surface area contributed by atoms with E-state index in [0.717, 1.165) is 6.07 Å². The minimum Gasteiger partial charge on any atom is -0.452 e. The van der Waals surface area contributed by atoms with Crippen LogP contribution in [0.3, 0.4) is 0 Å². The number of nitro groups is 1. The number of aliphatic hydroxyl groups is 1. The van der Waals surface area contributed by atoms with Crippen LogP contribution in [0.2, 0.25) is 0 Å². The van der Waals surface area contributed by atoms with Crippen molar-refractivity contribution in [3.05, 3.63) is 46.5 Å². The number of esters is 1. The molecule has 0 aliphatic carbocycles. The highest BCUT2D eigenvalue weighted by atomic mass is 16.6. The number of non-ortho nitro benzene ring substituents is 1. The van der Waals surface area contributed by atoms with Gasteiger partial charge in [-0.15, -0.1) is 6.58 Å². The lowest BCUT2D eigenvalue weighted by molar-refractivity contribution is -0.384. The molecule has 0 saturated carbocycles. The standard InChI is InChI=1S/C14H17N3O6/c1-2-5-16-13(19)9-23-14(20)11-8-10(17(21)22)3-4-12(11)15-6-7-18/h2-4,8,15,18H,1,5-7,9H2,(H,16,19). The van der Waals surface area contributed by atoms with Crippen molar-refractivity contribution in [1.29, 1.82) is 0 Å². The summed E-state index contributed by atoms with van der Waals surface area (Å²) < 4.78 is 4.83. The highest BCUT2D eigenvalue weighted by Gasteiger charge is 2.18. The number of nitrogens with zero attached hydrogens (tertiary/aromatic N) is 1. The third-order valence-electron chi connectivity index (χ3n) is 2.64. The predicted octanol–water partition coefficient (Wildman–Crippen LogP) is 0.458. The Morgan fingerprint density at radius 3 is 2.78 bits per heavy atom. The average Bonchev–Trinajstić information content (AvgIpc) is 2.55. The van der Waals surface area contributed by atoms with Gasteiger partial charge in [0.2, 0.25) is 0 Å². The molecule has 0 bridgehead atoms. The maximum Gasteiger partial charge on any atom is 0.341 e. The quantitative estimate of drug-likeness (QED) is 0.260. The minimum absolute atomic E-state index is 0.0934. The van der Waals surface area contributed by atoms with E-state index < -0.39 is 23.4 Å². The van der Waals surface area contributed by atoms with Gasteiger partial charge in [-0.05, 0) is 6.07 Å². The zero-order valence-electron chi connectivity index (χ0n) is 12.3. The van der Waals surface area contributed by atoms with E-state index in [0.29, 0.717) is 0 Å². The van der Waals surface area contributed by atoms with E-state index in [9.17, 15) is 19.7 Å². The molecule has 0 atom stereocenters. The van der Waals surface area contributed by atoms with Crippen LogP contribution >= 0.6 is 0 Å². The first-order chi connectivity index (χ1) is 11.0. The molecule has 0 saturated heterocycles. The maximum atomic E-state index is 12.0. The molecule has 1 aromatic carbocycles. The number of hydrogen-bond donors (Lipinski definition) is 3. The van der Waals surface area contributed by atoms with Crippen molar-refractivity contribution >= 4 is 23.3 Å². The molecule has 3 N–H and O–H groups in total. The second-order valence-electron chi connectivity index (χ2n) is 4.31. The van der Waals surface area contributed by atoms with Gasteiger partial charge in [-0.25, -0.2) is 4.79 Å². The van der Waals surface area contributed by atoms with Crippen LogP contribution in [-0.2, 0) is 9.53 Å². The number of anilines is 1. The monoisotopic (exact) mass is 323 g/mol. The first kappa shape index (κ1) is 18.1. The summed E-state index contributed by atoms with van der Waals surface area (Å²) in [5.74, 6) is -1.41. The number of nitro benzene ring substituents is 1. The molecule has 0 radical (unpaired) electrons. The van der Waals surface area contributed by atoms with Crippen LogP contribution in [0.15, 0.2) is 30.9 Å². The Balaban J connectivity index is 2.86. The number of carbonyl (C=O) groups excluding carboxylic acids is 2. The third kappa shape index (κ3) is 5.75. The van der Waals surface area contributed by atoms with E-state index in [1.807, 2.05) is 0 Å². The van der Waals surface area contributed by atoms with Crippen molar-refractivity contribution in [2.45, 2.75) is 0 Å². The second kappa shape index (κ2) is 9.15. The molecule has 0 spiro atoms. The number of amides is 1. The maximum absolute atomic E-state index is 12.0. The van der Waals surface area contributed by atoms with Gasteiger partial charge in [-0.1, -0.05) is 6.08 Å². The van der Waals surface area contributed by atoms with Crippen LogP contribution in [-0.4, -0.2) is 48.2 Å². The number of rotatable bonds is 9. The molecule has 0 unspecified atom stereocenters. The second-order valence-corrected chi connectivity index (χ2v) is 4.31. The molecule has 1 amide bonds. The van der Waals surface area contributed by atoms with Crippen molar-refractivity contribution in [2.24, 2.45) is 0 Å². The zero-order chi connectivity index (χ0) is 17.2. The van der Waals surface area contributed by atoms with Gasteiger partial charge in [0.15, 0.2) is 6.61 Å². The lowest BCUT2D eigenvalue weighted by Gasteiger charge is -2.11. The van der Waals surface area contributed by atoms with Gasteiger partial charge < -0.3 is 20.5 Å². The van der Waals surface area contributed by atoms with E-state index in [1.165, 1.54) is 18.2 Å². The fourth-order valence-corrected chi connectivity index (χ4v) is 1.61. The SMILES string of the molecule is C=CCNC(=O)COC(=O)c1cc([N+](=O)[O-])ccc1NCCO. The first-order valence-electron chi connectivity index (χ1n) is 6.67. The molecular formula is C14H17N3O6. The summed E-state index contributed by atoms with van der Waals surface area (Å²) in [6.45, 7) is 3.11. The Morgan fingerprint density at radius 2 is 2.17 bits per heavy atom. The summed E-state index contributed by atoms with van der Waals surface area (Å²) in [5, 5.41) is 24.8. The van der Waals surface area contributed by atoms with Gasteiger partial charge in [-0.2, -0.15) is 0 Å². The Kier molecular flexibility index (Phi) is 7.21. The highest BCUT2D eigenvalue weighted by molar-refractivity contribution is 5.97. The zero-order valence-corrected chi connectivity index (χ0v) is 12.3. The van der Waals surface area contributed by atoms with Gasteiger partial charge in [0, 0.05) is 30.9 Å². The average molecular weight is 323 g/mol. The third-order valence-corrected chi connectivity index (χ3v) is 2.64. The van der Waals surface area contributed by atoms with Crippen molar-refractivity contribution < 1.29 is 24.4 Å². The Labute approximate surface area is 132 Å². The van der Waals surface area contributed by atoms with Gasteiger partial charge in [0.1, 0.15) is 0 Å². The van der Waals surface area contributed by atoms with Crippen molar-refractivity contribution in [2.75, 3.05) is 31.6 Å². The minimum atomic E-state index is -0.886. The van der Waals surface area contributed by atoms with E-state index in [4.69, 9.17) is 9.84 Å². The molecule has 9 heteroatoms. The van der Waals surface area contributed by atoms with Gasteiger partial charge in [0.25, 0.3) is 11.6 Å². The predicted molar refractivity (Wildman–Crippen MR) is 82.2 cm³/mol. The van der Waals surface area contributed by atoms with Crippen molar-refractivity contribution in [3.63, 3.8) is 0 Å². The fourth-order valence-electron chi connectivity index (χ4n) is 1.61. The van der Waals surface area contributed by atoms with Gasteiger partial charge in [-0.3, -0.25) is 14.9 Å². The highest BCUT2D eigenvalue weighted by Crippen LogP contribution is 2.23. The van der Waals surface area contributed by atoms with Crippen LogP contribution in [0.4, 0.5) is 11.4 Å². The molecule has 0 heterocycles. The normalized spacial score (nSPS) is 9.78. The summed E-state index contributed by atoms with van der Waals surface area (Å²) >= 11 is 0. The number of benzene rings is 1. The lowest BCUT2D eigenvalue weighted by atomic mass is 10.1. The Bertz CT molecular complexity index is 602. The van der Waals surface area contributed by atoms with Crippen molar-refractivity contribution in [3.8, 4) is 0 Å². The summed E-state index contributed by atoms with van der Waals surface area (Å²) in [7, 11) is 0. The van der Waals surface area contributed by atoms with Crippen LogP contribution in [0.1, 0.15) is 10.4 Å². The molecule has 9 nitrogen and oxygen atoms in total. The topological polar surface area (TPSA) is 131 Å². The number of aliphatic hydroxyl groups excluding tert-OH is 1. The van der Waals surface area contributed by atoms with Crippen LogP contribution in [0, 0.1) is 10.1 Å². The molecule has 1 aromatic rings. The molecule has 0 aliphatic heterocycles. The summed E-state index contributed by atoms with van der Waals surface area (Å²) in [5.41, 5.74) is -0.118. The number of nitrogens with one attached hydrogen (secondary N) is 2. The Hall–Kier alpha value is -2.94. The summed E-state index contributed by atoms with van der Waals surface area (Å²) in [6, 6.07) is 3.60. The largest absolute Gasteiger partial charge is 0.452 e. The summed E-state index contributed by atoms with van der Waals surface area (Å²) in [4.78, 5) is 33.6. The molecule has 0 fully saturated rings. The molecule has 0 aromatic heterocycles. The number of ether oxygens (including phenoxy) is 1. The summed E-state index contributed by atoms with van der Waals surface area (Å²) in [6.07, 6.45) is 1.47. The van der Waals surface area contributed by atoms with E-state index in [-0.39, 0.29) is 36.6 Å². The molecule has 0 aliphatic rings. The number of hydrogen-bond acceptors (Lipinski definition) is 7. The van der Waals surface area contributed by atoms with E-state index in [1.54, 1.807) is 0 Å².